The van der Waals surface area contributed by atoms with Gasteiger partial charge in [-0.1, -0.05) is 18.2 Å². The van der Waals surface area contributed by atoms with Crippen LogP contribution in [0.25, 0.3) is 0 Å². The summed E-state index contributed by atoms with van der Waals surface area (Å²) in [5.41, 5.74) is 1.14. The molecule has 2 fully saturated rings. The van der Waals surface area contributed by atoms with Gasteiger partial charge in [-0.25, -0.2) is 0 Å². The number of amides is 1. The number of thioether (sulfide) groups is 1. The highest BCUT2D eigenvalue weighted by molar-refractivity contribution is 8.01. The molecule has 4 nitrogen and oxygen atoms in total. The topological polar surface area (TPSA) is 38.8 Å². The third kappa shape index (κ3) is 2.23. The number of benzene rings is 1. The number of hydrogen-bond acceptors (Lipinski definition) is 4. The number of nitrogens with zero attached hydrogens (tertiary/aromatic N) is 1. The van der Waals surface area contributed by atoms with Crippen LogP contribution < -0.4 is 4.74 Å². The average Bonchev–Trinajstić information content (AvgIpc) is 3.08. The third-order valence-corrected chi connectivity index (χ3v) is 6.28. The Morgan fingerprint density at radius 2 is 2.24 bits per heavy atom. The molecule has 2 atom stereocenters. The van der Waals surface area contributed by atoms with Crippen LogP contribution >= 0.6 is 11.8 Å². The predicted molar refractivity (Wildman–Crippen MR) is 81.7 cm³/mol. The molecule has 1 aromatic rings. The highest BCUT2D eigenvalue weighted by Crippen LogP contribution is 2.46. The van der Waals surface area contributed by atoms with Crippen LogP contribution in [0.3, 0.4) is 0 Å². The molecule has 0 radical (unpaired) electrons. The number of carbonyl (C=O) groups is 1. The molecule has 4 rings (SSSR count). The van der Waals surface area contributed by atoms with E-state index in [4.69, 9.17) is 9.47 Å². The Bertz CT molecular complexity index is 545. The fraction of sp³-hybridized carbons (Fsp3) is 0.562. The van der Waals surface area contributed by atoms with Crippen molar-refractivity contribution in [2.75, 3.05) is 26.0 Å². The van der Waals surface area contributed by atoms with Gasteiger partial charge >= 0.3 is 0 Å². The smallest absolute Gasteiger partial charge is 0.264 e. The number of methoxy groups -OCH3 is 1. The lowest BCUT2D eigenvalue weighted by Crippen LogP contribution is -2.63. The predicted octanol–water partition coefficient (Wildman–Crippen LogP) is 1.72. The Labute approximate surface area is 128 Å². The zero-order valence-electron chi connectivity index (χ0n) is 12.1. The van der Waals surface area contributed by atoms with Gasteiger partial charge < -0.3 is 14.4 Å². The van der Waals surface area contributed by atoms with E-state index in [0.29, 0.717) is 12.5 Å². The second-order valence-corrected chi connectivity index (χ2v) is 7.66. The van der Waals surface area contributed by atoms with Crippen LogP contribution in [0, 0.1) is 0 Å². The van der Waals surface area contributed by atoms with Crippen molar-refractivity contribution in [1.29, 1.82) is 0 Å². The quantitative estimate of drug-likeness (QED) is 0.834. The van der Waals surface area contributed by atoms with E-state index < -0.39 is 0 Å². The molecule has 1 spiro atoms. The van der Waals surface area contributed by atoms with E-state index in [1.165, 1.54) is 0 Å². The van der Waals surface area contributed by atoms with Gasteiger partial charge in [0.25, 0.3) is 5.91 Å². The lowest BCUT2D eigenvalue weighted by Gasteiger charge is -2.48. The third-order valence-electron chi connectivity index (χ3n) is 4.70. The van der Waals surface area contributed by atoms with E-state index in [0.717, 1.165) is 36.6 Å². The van der Waals surface area contributed by atoms with Gasteiger partial charge in [-0.2, -0.15) is 0 Å². The minimum Gasteiger partial charge on any atom is -0.480 e. The molecule has 0 saturated carbocycles. The Morgan fingerprint density at radius 3 is 2.95 bits per heavy atom. The lowest BCUT2D eigenvalue weighted by molar-refractivity contribution is -0.143. The molecule has 112 valence electrons. The Hall–Kier alpha value is -1.20. The summed E-state index contributed by atoms with van der Waals surface area (Å²) in [4.78, 5) is 14.5. The molecule has 3 aliphatic rings. The summed E-state index contributed by atoms with van der Waals surface area (Å²) in [5, 5.41) is 0. The van der Waals surface area contributed by atoms with E-state index in [1.54, 1.807) is 7.11 Å². The zero-order chi connectivity index (χ0) is 14.4. The first kappa shape index (κ1) is 13.5. The van der Waals surface area contributed by atoms with Crippen LogP contribution in [0.15, 0.2) is 24.3 Å². The number of likely N-dealkylation sites (tertiary alicyclic amines) is 1. The van der Waals surface area contributed by atoms with Crippen LogP contribution in [-0.4, -0.2) is 53.7 Å². The van der Waals surface area contributed by atoms with Crippen LogP contribution in [0.1, 0.15) is 12.0 Å². The fourth-order valence-electron chi connectivity index (χ4n) is 3.50. The van der Waals surface area contributed by atoms with E-state index in [2.05, 4.69) is 0 Å². The molecule has 1 aromatic carbocycles. The molecular formula is C16H19NO3S. The van der Waals surface area contributed by atoms with Crippen LogP contribution in [-0.2, 0) is 16.0 Å². The van der Waals surface area contributed by atoms with E-state index in [9.17, 15) is 4.79 Å². The SMILES string of the molecule is CO[C@@H]1CSC2(C1)CN(C(=O)[C@@H]1Cc3ccccc3O1)C2. The summed E-state index contributed by atoms with van der Waals surface area (Å²) in [7, 11) is 1.77. The van der Waals surface area contributed by atoms with Crippen molar-refractivity contribution in [2.45, 2.75) is 29.8 Å². The van der Waals surface area contributed by atoms with E-state index in [1.807, 2.05) is 40.9 Å². The van der Waals surface area contributed by atoms with Gasteiger partial charge in [-0.15, -0.1) is 11.8 Å². The maximum Gasteiger partial charge on any atom is 0.264 e. The van der Waals surface area contributed by atoms with Crippen molar-refractivity contribution in [3.05, 3.63) is 29.8 Å². The normalized spacial score (nSPS) is 29.1. The highest BCUT2D eigenvalue weighted by atomic mass is 32.2. The summed E-state index contributed by atoms with van der Waals surface area (Å²) < 4.78 is 11.5. The first-order chi connectivity index (χ1) is 10.2. The number of hydrogen-bond donors (Lipinski definition) is 0. The molecule has 0 N–H and O–H groups in total. The van der Waals surface area contributed by atoms with Gasteiger partial charge in [0.2, 0.25) is 0 Å². The Balaban J connectivity index is 1.37. The van der Waals surface area contributed by atoms with Gasteiger partial charge in [-0.3, -0.25) is 4.79 Å². The molecule has 0 aliphatic carbocycles. The van der Waals surface area contributed by atoms with Crippen molar-refractivity contribution in [2.24, 2.45) is 0 Å². The number of rotatable bonds is 2. The van der Waals surface area contributed by atoms with Crippen molar-refractivity contribution >= 4 is 17.7 Å². The molecule has 0 unspecified atom stereocenters. The van der Waals surface area contributed by atoms with E-state index in [-0.39, 0.29) is 16.8 Å². The maximum atomic E-state index is 12.5. The molecule has 3 aliphatic heterocycles. The largest absolute Gasteiger partial charge is 0.480 e. The molecule has 3 heterocycles. The highest BCUT2D eigenvalue weighted by Gasteiger charge is 2.52. The molecule has 5 heteroatoms. The summed E-state index contributed by atoms with van der Waals surface area (Å²) in [5.74, 6) is 2.04. The van der Waals surface area contributed by atoms with Crippen molar-refractivity contribution in [3.63, 3.8) is 0 Å². The molecule has 1 amide bonds. The summed E-state index contributed by atoms with van der Waals surface area (Å²) in [6.45, 7) is 1.68. The summed E-state index contributed by atoms with van der Waals surface area (Å²) in [6.07, 6.45) is 1.78. The standard InChI is InChI=1S/C16H19NO3S/c1-19-12-7-16(21-8-12)9-17(10-16)15(18)14-6-11-4-2-3-5-13(11)20-14/h2-5,12,14H,6-10H2,1H3/t12-,14-/m0/s1. The lowest BCUT2D eigenvalue weighted by atomic mass is 9.92. The Kier molecular flexibility index (Phi) is 3.15. The minimum absolute atomic E-state index is 0.137. The molecule has 0 bridgehead atoms. The maximum absolute atomic E-state index is 12.5. The van der Waals surface area contributed by atoms with Gasteiger partial charge in [0, 0.05) is 32.4 Å². The molecule has 21 heavy (non-hydrogen) atoms. The number of carbonyl (C=O) groups excluding carboxylic acids is 1. The van der Waals surface area contributed by atoms with Gasteiger partial charge in [0.15, 0.2) is 6.10 Å². The minimum atomic E-state index is -0.329. The molecule has 2 saturated heterocycles. The van der Waals surface area contributed by atoms with Gasteiger partial charge in [-0.05, 0) is 18.1 Å². The van der Waals surface area contributed by atoms with Gasteiger partial charge in [0.05, 0.1) is 10.9 Å². The van der Waals surface area contributed by atoms with Crippen LogP contribution in [0.2, 0.25) is 0 Å². The van der Waals surface area contributed by atoms with Crippen molar-refractivity contribution in [1.82, 2.24) is 4.90 Å². The monoisotopic (exact) mass is 305 g/mol. The van der Waals surface area contributed by atoms with Crippen LogP contribution in [0.5, 0.6) is 5.75 Å². The zero-order valence-corrected chi connectivity index (χ0v) is 12.9. The van der Waals surface area contributed by atoms with E-state index >= 15 is 0 Å². The summed E-state index contributed by atoms with van der Waals surface area (Å²) >= 11 is 1.96. The average molecular weight is 305 g/mol. The second-order valence-electron chi connectivity index (χ2n) is 6.17. The second kappa shape index (κ2) is 4.92. The fourth-order valence-corrected chi connectivity index (χ4v) is 5.09. The molecular weight excluding hydrogens is 286 g/mol. The first-order valence-electron chi connectivity index (χ1n) is 7.39. The Morgan fingerprint density at radius 1 is 1.43 bits per heavy atom. The number of para-hydroxylation sites is 1. The first-order valence-corrected chi connectivity index (χ1v) is 8.38. The number of fused-ring (bicyclic) bond motifs is 1. The van der Waals surface area contributed by atoms with Gasteiger partial charge in [0.1, 0.15) is 5.75 Å². The molecule has 0 aromatic heterocycles. The number of ether oxygens (including phenoxy) is 2. The van der Waals surface area contributed by atoms with Crippen LogP contribution in [0.4, 0.5) is 0 Å². The summed E-state index contributed by atoms with van der Waals surface area (Å²) in [6, 6.07) is 7.92. The van der Waals surface area contributed by atoms with Crippen molar-refractivity contribution < 1.29 is 14.3 Å². The van der Waals surface area contributed by atoms with Crippen molar-refractivity contribution in [3.8, 4) is 5.75 Å².